The second kappa shape index (κ2) is 9.39. The van der Waals surface area contributed by atoms with Gasteiger partial charge in [-0.25, -0.2) is 9.59 Å². The molecule has 0 atom stereocenters. The lowest BCUT2D eigenvalue weighted by Gasteiger charge is -2.20. The van der Waals surface area contributed by atoms with Crippen molar-refractivity contribution in [1.29, 1.82) is 0 Å². The van der Waals surface area contributed by atoms with Crippen LogP contribution < -0.4 is 10.6 Å². The number of aromatic nitrogens is 1. The van der Waals surface area contributed by atoms with Gasteiger partial charge in [0.25, 0.3) is 0 Å². The number of carbonyl (C=O) groups is 2. The van der Waals surface area contributed by atoms with E-state index in [1.54, 1.807) is 32.9 Å². The molecule has 2 rings (SSSR count). The highest BCUT2D eigenvalue weighted by Crippen LogP contribution is 2.36. The van der Waals surface area contributed by atoms with E-state index in [9.17, 15) is 9.59 Å². The standard InChI is InChI=1S/C19H25Cl2N3O4/c1-5-6-7-27-17(25)22-10-11-8-12-14(24-18(26)28-19(2,3)4)9-13(20)15(21)16(12)23-11/h8-9,23H,5-7,10H2,1-4H3,(H,22,25)(H,24,26). The molecule has 9 heteroatoms. The number of alkyl carbamates (subject to hydrolysis) is 1. The Kier molecular flexibility index (Phi) is 7.43. The van der Waals surface area contributed by atoms with Crippen LogP contribution >= 0.6 is 23.2 Å². The third-order valence-corrected chi connectivity index (χ3v) is 4.44. The molecule has 0 radical (unpaired) electrons. The highest BCUT2D eigenvalue weighted by Gasteiger charge is 2.19. The summed E-state index contributed by atoms with van der Waals surface area (Å²) >= 11 is 12.5. The van der Waals surface area contributed by atoms with Crippen molar-refractivity contribution < 1.29 is 19.1 Å². The van der Waals surface area contributed by atoms with Gasteiger partial charge in [-0.05, 0) is 39.3 Å². The third kappa shape index (κ3) is 6.21. The summed E-state index contributed by atoms with van der Waals surface area (Å²) in [5, 5.41) is 6.60. The summed E-state index contributed by atoms with van der Waals surface area (Å²) in [6, 6.07) is 3.33. The summed E-state index contributed by atoms with van der Waals surface area (Å²) < 4.78 is 10.3. The molecular formula is C19H25Cl2N3O4. The first-order chi connectivity index (χ1) is 13.1. The number of rotatable bonds is 6. The highest BCUT2D eigenvalue weighted by atomic mass is 35.5. The first-order valence-corrected chi connectivity index (χ1v) is 9.76. The Balaban J connectivity index is 2.17. The van der Waals surface area contributed by atoms with E-state index in [2.05, 4.69) is 15.6 Å². The topological polar surface area (TPSA) is 92.5 Å². The molecule has 1 aromatic heterocycles. The zero-order chi connectivity index (χ0) is 20.9. The Morgan fingerprint density at radius 1 is 1.18 bits per heavy atom. The Hall–Kier alpha value is -2.12. The quantitative estimate of drug-likeness (QED) is 0.502. The molecule has 0 aliphatic rings. The minimum Gasteiger partial charge on any atom is -0.450 e. The molecule has 2 amide bonds. The van der Waals surface area contributed by atoms with Gasteiger partial charge in [-0.3, -0.25) is 5.32 Å². The predicted octanol–water partition coefficient (Wildman–Crippen LogP) is 5.85. The lowest BCUT2D eigenvalue weighted by atomic mass is 10.2. The molecule has 0 aliphatic carbocycles. The fourth-order valence-corrected chi connectivity index (χ4v) is 2.83. The number of aromatic amines is 1. The molecule has 3 N–H and O–H groups in total. The lowest BCUT2D eigenvalue weighted by Crippen LogP contribution is -2.27. The summed E-state index contributed by atoms with van der Waals surface area (Å²) in [4.78, 5) is 26.9. The van der Waals surface area contributed by atoms with Crippen LogP contribution in [0.1, 0.15) is 46.2 Å². The zero-order valence-corrected chi connectivity index (χ0v) is 17.9. The summed E-state index contributed by atoms with van der Waals surface area (Å²) in [6.45, 7) is 7.92. The van der Waals surface area contributed by atoms with Crippen molar-refractivity contribution in [2.75, 3.05) is 11.9 Å². The fraction of sp³-hybridized carbons (Fsp3) is 0.474. The normalized spacial score (nSPS) is 11.4. The van der Waals surface area contributed by atoms with Gasteiger partial charge >= 0.3 is 12.2 Å². The molecular weight excluding hydrogens is 405 g/mol. The van der Waals surface area contributed by atoms with Crippen molar-refractivity contribution in [2.45, 2.75) is 52.7 Å². The third-order valence-electron chi connectivity index (χ3n) is 3.65. The number of benzene rings is 1. The van der Waals surface area contributed by atoms with Crippen molar-refractivity contribution in [3.05, 3.63) is 27.9 Å². The predicted molar refractivity (Wildman–Crippen MR) is 111 cm³/mol. The highest BCUT2D eigenvalue weighted by molar-refractivity contribution is 6.45. The molecule has 1 heterocycles. The molecule has 0 fully saturated rings. The van der Waals surface area contributed by atoms with Gasteiger partial charge in [0.2, 0.25) is 0 Å². The van der Waals surface area contributed by atoms with E-state index in [1.807, 2.05) is 6.92 Å². The molecule has 1 aromatic carbocycles. The summed E-state index contributed by atoms with van der Waals surface area (Å²) in [7, 11) is 0. The molecule has 0 bridgehead atoms. The molecule has 2 aromatic rings. The number of unbranched alkanes of at least 4 members (excludes halogenated alkanes) is 1. The first-order valence-electron chi connectivity index (χ1n) is 9.01. The van der Waals surface area contributed by atoms with Crippen molar-refractivity contribution >= 4 is 52.0 Å². The van der Waals surface area contributed by atoms with Gasteiger partial charge in [-0.15, -0.1) is 0 Å². The van der Waals surface area contributed by atoms with Crippen LogP contribution in [0, 0.1) is 0 Å². The zero-order valence-electron chi connectivity index (χ0n) is 16.4. The average Bonchev–Trinajstić information content (AvgIpc) is 3.01. The minimum absolute atomic E-state index is 0.208. The minimum atomic E-state index is -0.634. The number of hydrogen-bond donors (Lipinski definition) is 3. The van der Waals surface area contributed by atoms with Crippen molar-refractivity contribution in [3.8, 4) is 0 Å². The molecule has 0 saturated carbocycles. The van der Waals surface area contributed by atoms with E-state index in [0.29, 0.717) is 33.9 Å². The van der Waals surface area contributed by atoms with Crippen LogP contribution in [0.4, 0.5) is 15.3 Å². The van der Waals surface area contributed by atoms with Gasteiger partial charge in [0.15, 0.2) is 0 Å². The van der Waals surface area contributed by atoms with Crippen LogP contribution in [-0.4, -0.2) is 29.4 Å². The number of hydrogen-bond acceptors (Lipinski definition) is 4. The Morgan fingerprint density at radius 2 is 1.89 bits per heavy atom. The number of fused-ring (bicyclic) bond motifs is 1. The molecule has 154 valence electrons. The van der Waals surface area contributed by atoms with E-state index in [-0.39, 0.29) is 11.6 Å². The average molecular weight is 430 g/mol. The Bertz CT molecular complexity index is 859. The van der Waals surface area contributed by atoms with Crippen molar-refractivity contribution in [3.63, 3.8) is 0 Å². The van der Waals surface area contributed by atoms with Crippen LogP contribution in [0.25, 0.3) is 10.9 Å². The number of anilines is 1. The maximum absolute atomic E-state index is 12.1. The van der Waals surface area contributed by atoms with Gasteiger partial charge in [0.05, 0.1) is 34.4 Å². The molecule has 0 aliphatic heterocycles. The van der Waals surface area contributed by atoms with E-state index in [0.717, 1.165) is 12.8 Å². The van der Waals surface area contributed by atoms with Crippen LogP contribution in [0.3, 0.4) is 0 Å². The van der Waals surface area contributed by atoms with Crippen LogP contribution in [0.5, 0.6) is 0 Å². The van der Waals surface area contributed by atoms with Crippen LogP contribution in [0.2, 0.25) is 10.0 Å². The van der Waals surface area contributed by atoms with Gasteiger partial charge in [-0.1, -0.05) is 36.5 Å². The molecule has 28 heavy (non-hydrogen) atoms. The number of halogens is 2. The molecule has 0 spiro atoms. The van der Waals surface area contributed by atoms with E-state index >= 15 is 0 Å². The molecule has 0 saturated heterocycles. The van der Waals surface area contributed by atoms with Crippen LogP contribution in [-0.2, 0) is 16.0 Å². The number of nitrogens with one attached hydrogen (secondary N) is 3. The summed E-state index contributed by atoms with van der Waals surface area (Å²) in [5.74, 6) is 0. The van der Waals surface area contributed by atoms with Crippen molar-refractivity contribution in [1.82, 2.24) is 10.3 Å². The lowest BCUT2D eigenvalue weighted by molar-refractivity contribution is 0.0636. The maximum Gasteiger partial charge on any atom is 0.412 e. The molecule has 0 unspecified atom stereocenters. The fourth-order valence-electron chi connectivity index (χ4n) is 2.42. The molecule has 7 nitrogen and oxygen atoms in total. The van der Waals surface area contributed by atoms with E-state index in [4.69, 9.17) is 32.7 Å². The van der Waals surface area contributed by atoms with Gasteiger partial charge in [0, 0.05) is 11.1 Å². The second-order valence-corrected chi connectivity index (χ2v) is 8.06. The maximum atomic E-state index is 12.1. The number of amides is 2. The van der Waals surface area contributed by atoms with Crippen molar-refractivity contribution in [2.24, 2.45) is 0 Å². The van der Waals surface area contributed by atoms with E-state index in [1.165, 1.54) is 0 Å². The summed E-state index contributed by atoms with van der Waals surface area (Å²) in [6.07, 6.45) is 0.659. The summed E-state index contributed by atoms with van der Waals surface area (Å²) in [5.41, 5.74) is 1.05. The Labute approximate surface area is 174 Å². The second-order valence-electron chi connectivity index (χ2n) is 7.27. The number of carbonyl (C=O) groups excluding carboxylic acids is 2. The number of H-pyrrole nitrogens is 1. The monoisotopic (exact) mass is 429 g/mol. The first kappa shape index (κ1) is 22.2. The van der Waals surface area contributed by atoms with Gasteiger partial charge < -0.3 is 19.8 Å². The Morgan fingerprint density at radius 3 is 2.54 bits per heavy atom. The van der Waals surface area contributed by atoms with E-state index < -0.39 is 17.8 Å². The van der Waals surface area contributed by atoms with Crippen LogP contribution in [0.15, 0.2) is 12.1 Å². The SMILES string of the molecule is CCCCOC(=O)NCc1cc2c(NC(=O)OC(C)(C)C)cc(Cl)c(Cl)c2[nH]1. The number of ether oxygens (including phenoxy) is 2. The van der Waals surface area contributed by atoms with Gasteiger partial charge in [-0.2, -0.15) is 0 Å². The van der Waals surface area contributed by atoms with Gasteiger partial charge in [0.1, 0.15) is 5.60 Å². The largest absolute Gasteiger partial charge is 0.450 e. The smallest absolute Gasteiger partial charge is 0.412 e.